The maximum absolute atomic E-state index is 12.2. The van der Waals surface area contributed by atoms with E-state index in [9.17, 15) is 4.79 Å². The van der Waals surface area contributed by atoms with Gasteiger partial charge in [-0.3, -0.25) is 4.98 Å². The Morgan fingerprint density at radius 1 is 1.23 bits per heavy atom. The summed E-state index contributed by atoms with van der Waals surface area (Å²) in [5.41, 5.74) is 1.84. The van der Waals surface area contributed by atoms with Crippen LogP contribution in [0.15, 0.2) is 48.8 Å². The second kappa shape index (κ2) is 8.02. The molecule has 2 aromatic rings. The number of hydrogen-bond acceptors (Lipinski definition) is 3. The third-order valence-corrected chi connectivity index (χ3v) is 3.26. The van der Waals surface area contributed by atoms with Crippen molar-refractivity contribution in [1.29, 1.82) is 0 Å². The van der Waals surface area contributed by atoms with Crippen LogP contribution in [0.25, 0.3) is 0 Å². The highest BCUT2D eigenvalue weighted by molar-refractivity contribution is 5.90. The lowest BCUT2D eigenvalue weighted by atomic mass is 10.2. The number of rotatable bonds is 6. The summed E-state index contributed by atoms with van der Waals surface area (Å²) in [6.45, 7) is 3.11. The number of para-hydroxylation sites is 2. The molecule has 0 saturated heterocycles. The summed E-state index contributed by atoms with van der Waals surface area (Å²) in [7, 11) is 1.78. The van der Waals surface area contributed by atoms with Crippen molar-refractivity contribution in [2.75, 3.05) is 25.5 Å². The van der Waals surface area contributed by atoms with Gasteiger partial charge in [-0.2, -0.15) is 0 Å². The minimum Gasteiger partial charge on any atom is -0.492 e. The molecule has 116 valence electrons. The molecule has 1 aromatic carbocycles. The zero-order chi connectivity index (χ0) is 15.8. The van der Waals surface area contributed by atoms with Gasteiger partial charge in [-0.15, -0.1) is 0 Å². The van der Waals surface area contributed by atoms with Crippen molar-refractivity contribution in [3.63, 3.8) is 0 Å². The molecule has 1 N–H and O–H groups in total. The van der Waals surface area contributed by atoms with Gasteiger partial charge in [0.1, 0.15) is 5.75 Å². The predicted octanol–water partition coefficient (Wildman–Crippen LogP) is 3.19. The molecule has 0 aliphatic rings. The number of aromatic nitrogens is 1. The average Bonchev–Trinajstić information content (AvgIpc) is 2.55. The Bertz CT molecular complexity index is 602. The van der Waals surface area contributed by atoms with Crippen LogP contribution in [0.5, 0.6) is 5.75 Å². The molecule has 0 unspecified atom stereocenters. The molecular weight excluding hydrogens is 278 g/mol. The summed E-state index contributed by atoms with van der Waals surface area (Å²) in [4.78, 5) is 17.9. The van der Waals surface area contributed by atoms with Gasteiger partial charge < -0.3 is 15.0 Å². The fraction of sp³-hybridized carbons (Fsp3) is 0.294. The fourth-order valence-corrected chi connectivity index (χ4v) is 2.01. The second-order valence-electron chi connectivity index (χ2n) is 4.89. The quantitative estimate of drug-likeness (QED) is 0.891. The van der Waals surface area contributed by atoms with Crippen LogP contribution in [-0.2, 0) is 6.42 Å². The highest BCUT2D eigenvalue weighted by Crippen LogP contribution is 2.23. The summed E-state index contributed by atoms with van der Waals surface area (Å²) in [6.07, 6.45) is 4.31. The zero-order valence-corrected chi connectivity index (χ0v) is 13.0. The van der Waals surface area contributed by atoms with Crippen LogP contribution in [0.4, 0.5) is 10.5 Å². The van der Waals surface area contributed by atoms with Crippen molar-refractivity contribution in [2.45, 2.75) is 13.3 Å². The van der Waals surface area contributed by atoms with E-state index in [-0.39, 0.29) is 6.03 Å². The molecule has 2 rings (SSSR count). The Hall–Kier alpha value is -2.56. The molecule has 0 fully saturated rings. The van der Waals surface area contributed by atoms with Crippen LogP contribution >= 0.6 is 0 Å². The van der Waals surface area contributed by atoms with Crippen LogP contribution in [0, 0.1) is 0 Å². The normalized spacial score (nSPS) is 10.1. The largest absolute Gasteiger partial charge is 0.492 e. The number of ether oxygens (including phenoxy) is 1. The first kappa shape index (κ1) is 15.8. The first-order valence-electron chi connectivity index (χ1n) is 7.33. The third-order valence-electron chi connectivity index (χ3n) is 3.26. The van der Waals surface area contributed by atoms with E-state index in [4.69, 9.17) is 4.74 Å². The van der Waals surface area contributed by atoms with E-state index in [1.54, 1.807) is 24.3 Å². The number of likely N-dealkylation sites (N-methyl/N-ethyl adjacent to an activating group) is 1. The maximum Gasteiger partial charge on any atom is 0.321 e. The highest BCUT2D eigenvalue weighted by atomic mass is 16.5. The second-order valence-corrected chi connectivity index (χ2v) is 4.89. The Kier molecular flexibility index (Phi) is 5.77. The maximum atomic E-state index is 12.2. The number of pyridine rings is 1. The Labute approximate surface area is 130 Å². The summed E-state index contributed by atoms with van der Waals surface area (Å²) >= 11 is 0. The number of carbonyl (C=O) groups is 1. The van der Waals surface area contributed by atoms with Crippen LogP contribution in [0.3, 0.4) is 0 Å². The van der Waals surface area contributed by atoms with Crippen molar-refractivity contribution >= 4 is 11.7 Å². The van der Waals surface area contributed by atoms with Crippen molar-refractivity contribution in [3.8, 4) is 5.75 Å². The number of benzene rings is 1. The molecule has 1 aromatic heterocycles. The van der Waals surface area contributed by atoms with Gasteiger partial charge in [0.25, 0.3) is 0 Å². The van der Waals surface area contributed by atoms with Gasteiger partial charge in [-0.25, -0.2) is 4.79 Å². The molecule has 0 spiro atoms. The van der Waals surface area contributed by atoms with E-state index in [0.717, 1.165) is 12.0 Å². The Morgan fingerprint density at radius 2 is 1.95 bits per heavy atom. The van der Waals surface area contributed by atoms with Crippen molar-refractivity contribution in [2.24, 2.45) is 0 Å². The van der Waals surface area contributed by atoms with Crippen LogP contribution < -0.4 is 10.1 Å². The molecule has 2 amide bonds. The lowest BCUT2D eigenvalue weighted by Crippen LogP contribution is -2.33. The molecule has 1 heterocycles. The van der Waals surface area contributed by atoms with E-state index < -0.39 is 0 Å². The molecule has 5 nitrogen and oxygen atoms in total. The predicted molar refractivity (Wildman–Crippen MR) is 87.2 cm³/mol. The molecule has 0 radical (unpaired) electrons. The van der Waals surface area contributed by atoms with Gasteiger partial charge in [0, 0.05) is 26.0 Å². The highest BCUT2D eigenvalue weighted by Gasteiger charge is 2.11. The van der Waals surface area contributed by atoms with E-state index in [1.165, 1.54) is 0 Å². The number of hydrogen-bond donors (Lipinski definition) is 1. The lowest BCUT2D eigenvalue weighted by molar-refractivity contribution is 0.223. The Morgan fingerprint density at radius 3 is 2.68 bits per heavy atom. The van der Waals surface area contributed by atoms with E-state index >= 15 is 0 Å². The number of anilines is 1. The number of urea groups is 1. The topological polar surface area (TPSA) is 54.5 Å². The molecule has 0 aliphatic heterocycles. The summed E-state index contributed by atoms with van der Waals surface area (Å²) in [5.74, 6) is 0.681. The standard InChI is InChI=1S/C17H21N3O2/c1-3-22-16-7-5-4-6-15(16)19-17(21)20(2)13-10-14-8-11-18-12-9-14/h4-9,11-12H,3,10,13H2,1-2H3,(H,19,21). The van der Waals surface area contributed by atoms with E-state index in [0.29, 0.717) is 24.6 Å². The zero-order valence-electron chi connectivity index (χ0n) is 13.0. The number of nitrogens with one attached hydrogen (secondary N) is 1. The van der Waals surface area contributed by atoms with Crippen LogP contribution in [0.2, 0.25) is 0 Å². The SMILES string of the molecule is CCOc1ccccc1NC(=O)N(C)CCc1ccncc1. The molecule has 0 saturated carbocycles. The van der Waals surface area contributed by atoms with Gasteiger partial charge in [0.2, 0.25) is 0 Å². The van der Waals surface area contributed by atoms with E-state index in [2.05, 4.69) is 10.3 Å². The van der Waals surface area contributed by atoms with Crippen molar-refractivity contribution in [1.82, 2.24) is 9.88 Å². The van der Waals surface area contributed by atoms with Gasteiger partial charge in [-0.1, -0.05) is 12.1 Å². The average molecular weight is 299 g/mol. The molecule has 0 aliphatic carbocycles. The Balaban J connectivity index is 1.91. The van der Waals surface area contributed by atoms with Crippen molar-refractivity contribution < 1.29 is 9.53 Å². The lowest BCUT2D eigenvalue weighted by Gasteiger charge is -2.19. The van der Waals surface area contributed by atoms with Crippen LogP contribution in [0.1, 0.15) is 12.5 Å². The van der Waals surface area contributed by atoms with Gasteiger partial charge in [0.15, 0.2) is 0 Å². The number of carbonyl (C=O) groups excluding carboxylic acids is 1. The molecule has 0 bridgehead atoms. The van der Waals surface area contributed by atoms with Crippen molar-refractivity contribution in [3.05, 3.63) is 54.4 Å². The molecule has 5 heteroatoms. The molecular formula is C17H21N3O2. The van der Waals surface area contributed by atoms with Gasteiger partial charge >= 0.3 is 6.03 Å². The smallest absolute Gasteiger partial charge is 0.321 e. The third kappa shape index (κ3) is 4.48. The first-order valence-corrected chi connectivity index (χ1v) is 7.33. The number of nitrogens with zero attached hydrogens (tertiary/aromatic N) is 2. The van der Waals surface area contributed by atoms with E-state index in [1.807, 2.05) is 43.3 Å². The molecule has 22 heavy (non-hydrogen) atoms. The summed E-state index contributed by atoms with van der Waals surface area (Å²) in [6, 6.07) is 11.2. The summed E-state index contributed by atoms with van der Waals surface area (Å²) in [5, 5.41) is 2.88. The number of amides is 2. The monoisotopic (exact) mass is 299 g/mol. The minimum absolute atomic E-state index is 0.152. The fourth-order valence-electron chi connectivity index (χ4n) is 2.01. The first-order chi connectivity index (χ1) is 10.7. The minimum atomic E-state index is -0.152. The van der Waals surface area contributed by atoms with Gasteiger partial charge in [0.05, 0.1) is 12.3 Å². The summed E-state index contributed by atoms with van der Waals surface area (Å²) < 4.78 is 5.51. The molecule has 0 atom stereocenters. The van der Waals surface area contributed by atoms with Gasteiger partial charge in [-0.05, 0) is 43.2 Å². The van der Waals surface area contributed by atoms with Crippen LogP contribution in [-0.4, -0.2) is 36.1 Å².